The van der Waals surface area contributed by atoms with Crippen LogP contribution in [0.4, 0.5) is 5.69 Å². The molecule has 0 aliphatic carbocycles. The van der Waals surface area contributed by atoms with E-state index < -0.39 is 15.6 Å². The number of nitrogen functional groups attached to an aromatic ring is 1. The van der Waals surface area contributed by atoms with E-state index in [1.807, 2.05) is 0 Å². The third-order valence-corrected chi connectivity index (χ3v) is 4.12. The Kier molecular flexibility index (Phi) is 4.72. The molecule has 0 aliphatic rings. The molecule has 0 aliphatic heterocycles. The van der Waals surface area contributed by atoms with Crippen molar-refractivity contribution in [2.75, 3.05) is 12.3 Å². The molecule has 1 aromatic carbocycles. The van der Waals surface area contributed by atoms with Gasteiger partial charge < -0.3 is 10.8 Å². The van der Waals surface area contributed by atoms with Gasteiger partial charge in [0.1, 0.15) is 0 Å². The number of benzene rings is 1. The van der Waals surface area contributed by atoms with Gasteiger partial charge in [0, 0.05) is 17.8 Å². The molecule has 0 fully saturated rings. The molecule has 0 saturated carbocycles. The second kappa shape index (κ2) is 5.69. The molecular weight excluding hydrogens is 252 g/mol. The Morgan fingerprint density at radius 2 is 1.94 bits per heavy atom. The molecule has 0 heterocycles. The molecule has 6 heteroatoms. The standard InChI is InChI=1S/C12H20N2O3S/c1-12(2,7-8-15)14-18(16,17)9-10-5-3-4-6-11(10)13/h3-6,14-15H,7-9,13H2,1-2H3. The number of para-hydroxylation sites is 1. The van der Waals surface area contributed by atoms with Crippen LogP contribution < -0.4 is 10.5 Å². The van der Waals surface area contributed by atoms with Crippen molar-refractivity contribution in [3.8, 4) is 0 Å². The maximum atomic E-state index is 12.0. The molecule has 0 unspecified atom stereocenters. The summed E-state index contributed by atoms with van der Waals surface area (Å²) >= 11 is 0. The highest BCUT2D eigenvalue weighted by atomic mass is 32.2. The highest BCUT2D eigenvalue weighted by molar-refractivity contribution is 7.88. The lowest BCUT2D eigenvalue weighted by Gasteiger charge is -2.25. The first-order chi connectivity index (χ1) is 8.26. The molecule has 0 amide bonds. The lowest BCUT2D eigenvalue weighted by Crippen LogP contribution is -2.44. The van der Waals surface area contributed by atoms with Crippen LogP contribution in [0, 0.1) is 0 Å². The number of anilines is 1. The molecule has 0 aromatic heterocycles. The number of aliphatic hydroxyl groups is 1. The molecular formula is C12H20N2O3S. The largest absolute Gasteiger partial charge is 0.398 e. The van der Waals surface area contributed by atoms with Gasteiger partial charge in [0.15, 0.2) is 0 Å². The number of hydrogen-bond acceptors (Lipinski definition) is 4. The topological polar surface area (TPSA) is 92.4 Å². The predicted octanol–water partition coefficient (Wildman–Crippen LogP) is 0.849. The van der Waals surface area contributed by atoms with Crippen molar-refractivity contribution in [3.05, 3.63) is 29.8 Å². The average molecular weight is 272 g/mol. The Morgan fingerprint density at radius 1 is 1.33 bits per heavy atom. The molecule has 0 saturated heterocycles. The van der Waals surface area contributed by atoms with E-state index in [-0.39, 0.29) is 12.4 Å². The third-order valence-electron chi connectivity index (χ3n) is 2.57. The van der Waals surface area contributed by atoms with Crippen LogP contribution in [0.5, 0.6) is 0 Å². The van der Waals surface area contributed by atoms with Crippen LogP contribution in [0.25, 0.3) is 0 Å². The zero-order valence-electron chi connectivity index (χ0n) is 10.7. The summed E-state index contributed by atoms with van der Waals surface area (Å²) in [6, 6.07) is 6.87. The monoisotopic (exact) mass is 272 g/mol. The summed E-state index contributed by atoms with van der Waals surface area (Å²) in [6.45, 7) is 3.40. The number of rotatable bonds is 6. The van der Waals surface area contributed by atoms with E-state index in [9.17, 15) is 8.42 Å². The number of nitrogens with one attached hydrogen (secondary N) is 1. The van der Waals surface area contributed by atoms with Crippen LogP contribution in [0.2, 0.25) is 0 Å². The van der Waals surface area contributed by atoms with Gasteiger partial charge in [-0.25, -0.2) is 13.1 Å². The Morgan fingerprint density at radius 3 is 2.50 bits per heavy atom. The van der Waals surface area contributed by atoms with Gasteiger partial charge in [-0.05, 0) is 31.9 Å². The van der Waals surface area contributed by atoms with Crippen molar-refractivity contribution >= 4 is 15.7 Å². The Balaban J connectivity index is 2.80. The lowest BCUT2D eigenvalue weighted by atomic mass is 10.0. The molecule has 4 N–H and O–H groups in total. The summed E-state index contributed by atoms with van der Waals surface area (Å²) in [7, 11) is -3.48. The summed E-state index contributed by atoms with van der Waals surface area (Å²) in [4.78, 5) is 0. The minimum Gasteiger partial charge on any atom is -0.398 e. The lowest BCUT2D eigenvalue weighted by molar-refractivity contribution is 0.245. The minimum absolute atomic E-state index is 0.0665. The fraction of sp³-hybridized carbons (Fsp3) is 0.500. The number of sulfonamides is 1. The smallest absolute Gasteiger partial charge is 0.216 e. The minimum atomic E-state index is -3.48. The highest BCUT2D eigenvalue weighted by Gasteiger charge is 2.24. The van der Waals surface area contributed by atoms with Crippen molar-refractivity contribution in [1.82, 2.24) is 4.72 Å². The van der Waals surface area contributed by atoms with E-state index in [2.05, 4.69) is 4.72 Å². The van der Waals surface area contributed by atoms with Crippen molar-refractivity contribution in [1.29, 1.82) is 0 Å². The van der Waals surface area contributed by atoms with Crippen LogP contribution >= 0.6 is 0 Å². The molecule has 0 atom stereocenters. The molecule has 0 bridgehead atoms. The fourth-order valence-electron chi connectivity index (χ4n) is 1.66. The number of nitrogens with two attached hydrogens (primary N) is 1. The van der Waals surface area contributed by atoms with E-state index in [0.717, 1.165) is 0 Å². The van der Waals surface area contributed by atoms with Gasteiger partial charge >= 0.3 is 0 Å². The first-order valence-corrected chi connectivity index (χ1v) is 7.37. The van der Waals surface area contributed by atoms with Gasteiger partial charge in [0.25, 0.3) is 0 Å². The average Bonchev–Trinajstić information content (AvgIpc) is 2.19. The van der Waals surface area contributed by atoms with Crippen LogP contribution in [0.1, 0.15) is 25.8 Å². The molecule has 0 radical (unpaired) electrons. The van der Waals surface area contributed by atoms with Crippen molar-refractivity contribution in [2.24, 2.45) is 0 Å². The molecule has 0 spiro atoms. The highest BCUT2D eigenvalue weighted by Crippen LogP contribution is 2.16. The van der Waals surface area contributed by atoms with Crippen molar-refractivity contribution in [2.45, 2.75) is 31.6 Å². The quantitative estimate of drug-likeness (QED) is 0.669. The van der Waals surface area contributed by atoms with Crippen molar-refractivity contribution in [3.63, 3.8) is 0 Å². The second-order valence-electron chi connectivity index (χ2n) is 4.92. The SMILES string of the molecule is CC(C)(CCO)NS(=O)(=O)Cc1ccccc1N. The van der Waals surface area contributed by atoms with Crippen LogP contribution in [0.15, 0.2) is 24.3 Å². The van der Waals surface area contributed by atoms with Gasteiger partial charge in [-0.3, -0.25) is 0 Å². The number of hydrogen-bond donors (Lipinski definition) is 3. The zero-order chi connectivity index (χ0) is 13.8. The van der Waals surface area contributed by atoms with Crippen LogP contribution in [0.3, 0.4) is 0 Å². The summed E-state index contributed by atoms with van der Waals surface area (Å²) in [6.07, 6.45) is 0.358. The summed E-state index contributed by atoms with van der Waals surface area (Å²) in [5, 5.41) is 8.88. The van der Waals surface area contributed by atoms with E-state index in [4.69, 9.17) is 10.8 Å². The summed E-state index contributed by atoms with van der Waals surface area (Å²) in [5.74, 6) is -0.158. The first kappa shape index (κ1) is 14.9. The third kappa shape index (κ3) is 4.64. The van der Waals surface area contributed by atoms with E-state index in [0.29, 0.717) is 17.7 Å². The second-order valence-corrected chi connectivity index (χ2v) is 6.64. The Hall–Kier alpha value is -1.11. The van der Waals surface area contributed by atoms with E-state index in [1.54, 1.807) is 38.1 Å². The van der Waals surface area contributed by atoms with Crippen LogP contribution in [-0.2, 0) is 15.8 Å². The fourth-order valence-corrected chi connectivity index (χ4v) is 3.35. The maximum Gasteiger partial charge on any atom is 0.216 e. The molecule has 102 valence electrons. The molecule has 18 heavy (non-hydrogen) atoms. The maximum absolute atomic E-state index is 12.0. The van der Waals surface area contributed by atoms with E-state index >= 15 is 0 Å². The van der Waals surface area contributed by atoms with Gasteiger partial charge in [-0.1, -0.05) is 18.2 Å². The molecule has 5 nitrogen and oxygen atoms in total. The Bertz CT molecular complexity index is 498. The Labute approximate surface area is 108 Å². The van der Waals surface area contributed by atoms with Crippen molar-refractivity contribution < 1.29 is 13.5 Å². The number of aliphatic hydroxyl groups excluding tert-OH is 1. The summed E-state index contributed by atoms with van der Waals surface area (Å²) in [5.41, 5.74) is 6.08. The first-order valence-electron chi connectivity index (χ1n) is 5.72. The normalized spacial score (nSPS) is 12.6. The van der Waals surface area contributed by atoms with Gasteiger partial charge in [0.05, 0.1) is 5.75 Å². The van der Waals surface area contributed by atoms with Crippen LogP contribution in [-0.4, -0.2) is 25.7 Å². The molecule has 1 rings (SSSR count). The van der Waals surface area contributed by atoms with Gasteiger partial charge in [-0.15, -0.1) is 0 Å². The van der Waals surface area contributed by atoms with E-state index in [1.165, 1.54) is 0 Å². The zero-order valence-corrected chi connectivity index (χ0v) is 11.5. The predicted molar refractivity (Wildman–Crippen MR) is 72.4 cm³/mol. The summed E-state index contributed by atoms with van der Waals surface area (Å²) < 4.78 is 26.6. The molecule has 1 aromatic rings. The van der Waals surface area contributed by atoms with Gasteiger partial charge in [-0.2, -0.15) is 0 Å². The van der Waals surface area contributed by atoms with Gasteiger partial charge in [0.2, 0.25) is 10.0 Å².